The highest BCUT2D eigenvalue weighted by Crippen LogP contribution is 2.18. The predicted molar refractivity (Wildman–Crippen MR) is 101 cm³/mol. The van der Waals surface area contributed by atoms with Crippen LogP contribution in [0.15, 0.2) is 48.5 Å². The molecule has 0 fully saturated rings. The molecule has 1 amide bonds. The Kier molecular flexibility index (Phi) is 6.20. The number of hydrogen-bond acceptors (Lipinski definition) is 3. The van der Waals surface area contributed by atoms with Crippen LogP contribution in [-0.4, -0.2) is 26.6 Å². The summed E-state index contributed by atoms with van der Waals surface area (Å²) in [6.07, 6.45) is 2.80. The van der Waals surface area contributed by atoms with Crippen LogP contribution in [0.5, 0.6) is 0 Å². The number of sulfonamides is 1. The summed E-state index contributed by atoms with van der Waals surface area (Å²) in [6.45, 7) is 3.75. The molecule has 2 aromatic rings. The summed E-state index contributed by atoms with van der Waals surface area (Å²) in [6, 6.07) is 15.1. The van der Waals surface area contributed by atoms with E-state index in [1.54, 1.807) is 25.1 Å². The molecule has 134 valence electrons. The van der Waals surface area contributed by atoms with E-state index in [0.29, 0.717) is 11.3 Å². The van der Waals surface area contributed by atoms with E-state index in [0.717, 1.165) is 24.7 Å². The molecule has 5 nitrogen and oxygen atoms in total. The van der Waals surface area contributed by atoms with Crippen molar-refractivity contribution in [1.29, 1.82) is 0 Å². The van der Waals surface area contributed by atoms with E-state index in [4.69, 9.17) is 0 Å². The zero-order valence-corrected chi connectivity index (χ0v) is 15.6. The Labute approximate surface area is 149 Å². The third-order valence-electron chi connectivity index (χ3n) is 3.88. The number of amides is 1. The summed E-state index contributed by atoms with van der Waals surface area (Å²) >= 11 is 0. The van der Waals surface area contributed by atoms with E-state index in [1.165, 1.54) is 5.56 Å². The van der Waals surface area contributed by atoms with Crippen molar-refractivity contribution in [2.45, 2.75) is 32.7 Å². The third kappa shape index (κ3) is 6.23. The fourth-order valence-corrected chi connectivity index (χ4v) is 3.10. The average Bonchev–Trinajstić information content (AvgIpc) is 2.54. The Morgan fingerprint density at radius 2 is 1.80 bits per heavy atom. The van der Waals surface area contributed by atoms with Gasteiger partial charge in [-0.25, -0.2) is 8.42 Å². The van der Waals surface area contributed by atoms with Crippen LogP contribution in [0.2, 0.25) is 0 Å². The molecule has 0 spiro atoms. The van der Waals surface area contributed by atoms with Gasteiger partial charge in [0.05, 0.1) is 11.9 Å². The first kappa shape index (κ1) is 19.0. The molecular weight excluding hydrogens is 336 g/mol. The zero-order valence-electron chi connectivity index (χ0n) is 14.7. The molecule has 25 heavy (non-hydrogen) atoms. The van der Waals surface area contributed by atoms with Crippen LogP contribution in [0.3, 0.4) is 0 Å². The molecule has 1 atom stereocenters. The van der Waals surface area contributed by atoms with Gasteiger partial charge in [-0.15, -0.1) is 0 Å². The van der Waals surface area contributed by atoms with E-state index in [-0.39, 0.29) is 11.9 Å². The summed E-state index contributed by atoms with van der Waals surface area (Å²) in [5.74, 6) is -0.211. The second kappa shape index (κ2) is 8.16. The molecule has 0 aromatic heterocycles. The fraction of sp³-hybridized carbons (Fsp3) is 0.316. The topological polar surface area (TPSA) is 75.3 Å². The van der Waals surface area contributed by atoms with Crippen molar-refractivity contribution in [2.24, 2.45) is 0 Å². The van der Waals surface area contributed by atoms with Gasteiger partial charge < -0.3 is 5.32 Å². The number of carbonyl (C=O) groups is 1. The number of nitrogens with one attached hydrogen (secondary N) is 2. The minimum Gasteiger partial charge on any atom is -0.350 e. The van der Waals surface area contributed by atoms with Gasteiger partial charge in [0.15, 0.2) is 0 Å². The van der Waals surface area contributed by atoms with Crippen molar-refractivity contribution < 1.29 is 13.2 Å². The van der Waals surface area contributed by atoms with Crippen LogP contribution < -0.4 is 10.0 Å². The maximum absolute atomic E-state index is 12.4. The summed E-state index contributed by atoms with van der Waals surface area (Å²) in [5, 5.41) is 2.96. The number of benzene rings is 2. The lowest BCUT2D eigenvalue weighted by molar-refractivity contribution is 0.0938. The Morgan fingerprint density at radius 1 is 1.12 bits per heavy atom. The van der Waals surface area contributed by atoms with E-state index >= 15 is 0 Å². The van der Waals surface area contributed by atoms with Crippen molar-refractivity contribution in [3.8, 4) is 0 Å². The molecule has 6 heteroatoms. The molecule has 0 bridgehead atoms. The molecule has 0 saturated carbocycles. The van der Waals surface area contributed by atoms with Crippen LogP contribution in [0, 0.1) is 6.92 Å². The fourth-order valence-electron chi connectivity index (χ4n) is 2.48. The Balaban J connectivity index is 1.99. The lowest BCUT2D eigenvalue weighted by atomic mass is 10.1. The van der Waals surface area contributed by atoms with Gasteiger partial charge in [0, 0.05) is 11.6 Å². The van der Waals surface area contributed by atoms with Crippen LogP contribution in [0.25, 0.3) is 0 Å². The second-order valence-corrected chi connectivity index (χ2v) is 8.05. The van der Waals surface area contributed by atoms with Gasteiger partial charge in [-0.2, -0.15) is 0 Å². The van der Waals surface area contributed by atoms with Crippen molar-refractivity contribution in [3.05, 3.63) is 65.2 Å². The largest absolute Gasteiger partial charge is 0.350 e. The summed E-state index contributed by atoms with van der Waals surface area (Å²) in [7, 11) is -3.39. The number of anilines is 1. The molecule has 0 heterocycles. The minimum absolute atomic E-state index is 0.0142. The highest BCUT2D eigenvalue weighted by molar-refractivity contribution is 7.92. The van der Waals surface area contributed by atoms with E-state index in [1.807, 2.05) is 25.1 Å². The number of hydrogen-bond donors (Lipinski definition) is 2. The second-order valence-electron chi connectivity index (χ2n) is 6.30. The molecule has 0 saturated heterocycles. The quantitative estimate of drug-likeness (QED) is 0.796. The van der Waals surface area contributed by atoms with Gasteiger partial charge >= 0.3 is 0 Å². The van der Waals surface area contributed by atoms with Crippen molar-refractivity contribution >= 4 is 21.6 Å². The zero-order chi connectivity index (χ0) is 18.4. The summed E-state index contributed by atoms with van der Waals surface area (Å²) in [5.41, 5.74) is 2.85. The molecule has 2 rings (SSSR count). The number of carbonyl (C=O) groups excluding carboxylic acids is 1. The third-order valence-corrected chi connectivity index (χ3v) is 4.47. The smallest absolute Gasteiger partial charge is 0.251 e. The lowest BCUT2D eigenvalue weighted by Gasteiger charge is -2.15. The van der Waals surface area contributed by atoms with Crippen molar-refractivity contribution in [3.63, 3.8) is 0 Å². The monoisotopic (exact) mass is 360 g/mol. The van der Waals surface area contributed by atoms with Gasteiger partial charge in [-0.1, -0.05) is 36.4 Å². The molecule has 0 unspecified atom stereocenters. The van der Waals surface area contributed by atoms with Crippen molar-refractivity contribution in [2.75, 3.05) is 11.0 Å². The predicted octanol–water partition coefficient (Wildman–Crippen LogP) is 3.12. The van der Waals surface area contributed by atoms with Crippen LogP contribution in [-0.2, 0) is 16.4 Å². The molecule has 0 aliphatic rings. The molecule has 0 aliphatic heterocycles. The first-order chi connectivity index (χ1) is 11.7. The van der Waals surface area contributed by atoms with E-state index in [9.17, 15) is 13.2 Å². The summed E-state index contributed by atoms with van der Waals surface area (Å²) in [4.78, 5) is 12.4. The highest BCUT2D eigenvalue weighted by atomic mass is 32.2. The SMILES string of the molecule is Cc1ccc(C(=O)N[C@@H](C)CCc2ccccc2)cc1NS(C)(=O)=O. The van der Waals surface area contributed by atoms with Gasteiger partial charge in [-0.3, -0.25) is 9.52 Å². The molecule has 0 aliphatic carbocycles. The van der Waals surface area contributed by atoms with Crippen LogP contribution >= 0.6 is 0 Å². The van der Waals surface area contributed by atoms with Crippen LogP contribution in [0.4, 0.5) is 5.69 Å². The Morgan fingerprint density at radius 3 is 2.44 bits per heavy atom. The van der Waals surface area contributed by atoms with E-state index in [2.05, 4.69) is 22.2 Å². The van der Waals surface area contributed by atoms with Crippen molar-refractivity contribution in [1.82, 2.24) is 5.32 Å². The van der Waals surface area contributed by atoms with Crippen LogP contribution in [0.1, 0.15) is 34.8 Å². The maximum Gasteiger partial charge on any atom is 0.251 e. The van der Waals surface area contributed by atoms with E-state index < -0.39 is 10.0 Å². The number of aryl methyl sites for hydroxylation is 2. The van der Waals surface area contributed by atoms with Gasteiger partial charge in [-0.05, 0) is 49.9 Å². The average molecular weight is 360 g/mol. The molecular formula is C19H24N2O3S. The van der Waals surface area contributed by atoms with Gasteiger partial charge in [0.2, 0.25) is 10.0 Å². The first-order valence-electron chi connectivity index (χ1n) is 8.18. The normalized spacial score (nSPS) is 12.4. The Bertz CT molecular complexity index is 833. The molecule has 2 N–H and O–H groups in total. The molecule has 0 radical (unpaired) electrons. The highest BCUT2D eigenvalue weighted by Gasteiger charge is 2.13. The minimum atomic E-state index is -3.39. The molecule has 2 aromatic carbocycles. The van der Waals surface area contributed by atoms with Gasteiger partial charge in [0.25, 0.3) is 5.91 Å². The first-order valence-corrected chi connectivity index (χ1v) is 10.1. The Hall–Kier alpha value is -2.34. The van der Waals surface area contributed by atoms with Gasteiger partial charge in [0.1, 0.15) is 0 Å². The maximum atomic E-state index is 12.4. The standard InChI is InChI=1S/C19H24N2O3S/c1-14-9-12-17(13-18(14)21-25(3,23)24)19(22)20-15(2)10-11-16-7-5-4-6-8-16/h4-9,12-13,15,21H,10-11H2,1-3H3,(H,20,22)/t15-/m0/s1. The number of rotatable bonds is 7. The lowest BCUT2D eigenvalue weighted by Crippen LogP contribution is -2.33. The summed E-state index contributed by atoms with van der Waals surface area (Å²) < 4.78 is 25.3.